The molecular formula is C34H33N3O. The van der Waals surface area contributed by atoms with Crippen LogP contribution in [0.3, 0.4) is 0 Å². The summed E-state index contributed by atoms with van der Waals surface area (Å²) < 4.78 is 0. The van der Waals surface area contributed by atoms with E-state index in [-0.39, 0.29) is 5.78 Å². The standard InChI is InChI=1S/C34H33N3O/c35-23-30-10-12-31(13-11-30)25-37-18-16-29(17-19-37)22-34(38)33-15-14-32(24-36-33)21-28-8-6-27(7-9-28)20-26-4-2-1-3-5-26/h1-15,24,29H,16-22,25H2. The molecule has 4 aromatic rings. The minimum atomic E-state index is 0.146. The van der Waals surface area contributed by atoms with E-state index in [2.05, 4.69) is 64.5 Å². The van der Waals surface area contributed by atoms with E-state index >= 15 is 0 Å². The first-order chi connectivity index (χ1) is 18.6. The van der Waals surface area contributed by atoms with Gasteiger partial charge in [-0.3, -0.25) is 14.7 Å². The first-order valence-electron chi connectivity index (χ1n) is 13.5. The van der Waals surface area contributed by atoms with Crippen LogP contribution < -0.4 is 0 Å². The Morgan fingerprint density at radius 3 is 1.95 bits per heavy atom. The van der Waals surface area contributed by atoms with E-state index in [1.807, 2.05) is 48.7 Å². The van der Waals surface area contributed by atoms with Crippen LogP contribution in [0.1, 0.15) is 63.1 Å². The van der Waals surface area contributed by atoms with E-state index in [9.17, 15) is 4.79 Å². The van der Waals surface area contributed by atoms with Crippen molar-refractivity contribution in [3.05, 3.63) is 136 Å². The molecule has 4 heteroatoms. The second-order valence-corrected chi connectivity index (χ2v) is 10.4. The van der Waals surface area contributed by atoms with Crippen molar-refractivity contribution < 1.29 is 4.79 Å². The predicted octanol–water partition coefficient (Wildman–Crippen LogP) is 6.62. The number of hydrogen-bond donors (Lipinski definition) is 0. The molecule has 1 aliphatic heterocycles. The predicted molar refractivity (Wildman–Crippen MR) is 151 cm³/mol. The lowest BCUT2D eigenvalue weighted by molar-refractivity contribution is 0.0920. The molecule has 38 heavy (non-hydrogen) atoms. The monoisotopic (exact) mass is 499 g/mol. The normalized spacial score (nSPS) is 14.2. The summed E-state index contributed by atoms with van der Waals surface area (Å²) in [6, 6.07) is 33.2. The van der Waals surface area contributed by atoms with Gasteiger partial charge in [0.15, 0.2) is 5.78 Å². The minimum Gasteiger partial charge on any atom is -0.299 e. The summed E-state index contributed by atoms with van der Waals surface area (Å²) >= 11 is 0. The van der Waals surface area contributed by atoms with Crippen LogP contribution in [-0.2, 0) is 19.4 Å². The molecule has 5 rings (SSSR count). The van der Waals surface area contributed by atoms with Gasteiger partial charge >= 0.3 is 0 Å². The number of likely N-dealkylation sites (tertiary alicyclic amines) is 1. The van der Waals surface area contributed by atoms with Gasteiger partial charge in [-0.05, 0) is 90.7 Å². The van der Waals surface area contributed by atoms with Crippen molar-refractivity contribution in [3.63, 3.8) is 0 Å². The fourth-order valence-corrected chi connectivity index (χ4v) is 5.19. The first-order valence-corrected chi connectivity index (χ1v) is 13.5. The minimum absolute atomic E-state index is 0.146. The van der Waals surface area contributed by atoms with Gasteiger partial charge in [0.1, 0.15) is 5.69 Å². The molecular weight excluding hydrogens is 466 g/mol. The van der Waals surface area contributed by atoms with Crippen LogP contribution in [0.15, 0.2) is 97.2 Å². The Hall–Kier alpha value is -4.07. The highest BCUT2D eigenvalue weighted by molar-refractivity contribution is 5.94. The van der Waals surface area contributed by atoms with Crippen LogP contribution in [0.4, 0.5) is 0 Å². The maximum atomic E-state index is 12.9. The SMILES string of the molecule is N#Cc1ccc(CN2CCC(CC(=O)c3ccc(Cc4ccc(Cc5ccccc5)cc4)cn3)CC2)cc1. The summed E-state index contributed by atoms with van der Waals surface area (Å²) in [5.41, 5.74) is 7.49. The molecule has 0 bridgehead atoms. The van der Waals surface area contributed by atoms with Gasteiger partial charge in [-0.2, -0.15) is 5.26 Å². The Balaban J connectivity index is 1.07. The van der Waals surface area contributed by atoms with Crippen molar-refractivity contribution in [2.75, 3.05) is 13.1 Å². The zero-order valence-electron chi connectivity index (χ0n) is 21.7. The van der Waals surface area contributed by atoms with E-state index in [1.165, 1.54) is 22.3 Å². The second kappa shape index (κ2) is 12.4. The number of piperidine rings is 1. The Morgan fingerprint density at radius 2 is 1.34 bits per heavy atom. The summed E-state index contributed by atoms with van der Waals surface area (Å²) in [6.07, 6.45) is 6.23. The van der Waals surface area contributed by atoms with Crippen LogP contribution >= 0.6 is 0 Å². The molecule has 3 aromatic carbocycles. The fraction of sp³-hybridized carbons (Fsp3) is 0.265. The third-order valence-corrected chi connectivity index (χ3v) is 7.46. The number of pyridine rings is 1. The molecule has 0 atom stereocenters. The largest absolute Gasteiger partial charge is 0.299 e. The van der Waals surface area contributed by atoms with Gasteiger partial charge in [0, 0.05) is 19.2 Å². The number of carbonyl (C=O) groups is 1. The number of aromatic nitrogens is 1. The summed E-state index contributed by atoms with van der Waals surface area (Å²) in [6.45, 7) is 2.88. The van der Waals surface area contributed by atoms with Crippen molar-refractivity contribution in [3.8, 4) is 6.07 Å². The molecule has 0 amide bonds. The molecule has 1 aliphatic rings. The first kappa shape index (κ1) is 25.6. The number of nitrogens with zero attached hydrogens (tertiary/aromatic N) is 3. The number of nitriles is 1. The van der Waals surface area contributed by atoms with Crippen molar-refractivity contribution in [2.45, 2.75) is 38.6 Å². The van der Waals surface area contributed by atoms with Gasteiger partial charge in [-0.15, -0.1) is 0 Å². The molecule has 0 radical (unpaired) electrons. The van der Waals surface area contributed by atoms with Gasteiger partial charge in [0.2, 0.25) is 0 Å². The van der Waals surface area contributed by atoms with E-state index in [0.29, 0.717) is 23.6 Å². The van der Waals surface area contributed by atoms with Crippen molar-refractivity contribution in [2.24, 2.45) is 5.92 Å². The Kier molecular flexibility index (Phi) is 8.38. The summed E-state index contributed by atoms with van der Waals surface area (Å²) in [5.74, 6) is 0.558. The molecule has 2 heterocycles. The van der Waals surface area contributed by atoms with Crippen molar-refractivity contribution in [1.29, 1.82) is 5.26 Å². The van der Waals surface area contributed by atoms with Crippen LogP contribution in [0.5, 0.6) is 0 Å². The molecule has 0 unspecified atom stereocenters. The number of Topliss-reactive ketones (excluding diaryl/α,β-unsaturated/α-hetero) is 1. The highest BCUT2D eigenvalue weighted by Crippen LogP contribution is 2.24. The lowest BCUT2D eigenvalue weighted by Gasteiger charge is -2.31. The van der Waals surface area contributed by atoms with E-state index in [0.717, 1.165) is 50.9 Å². The summed E-state index contributed by atoms with van der Waals surface area (Å²) in [4.78, 5) is 19.9. The van der Waals surface area contributed by atoms with Crippen LogP contribution in [0.2, 0.25) is 0 Å². The maximum absolute atomic E-state index is 12.9. The summed E-state index contributed by atoms with van der Waals surface area (Å²) in [5, 5.41) is 8.96. The zero-order valence-corrected chi connectivity index (χ0v) is 21.7. The molecule has 0 N–H and O–H groups in total. The lowest BCUT2D eigenvalue weighted by atomic mass is 9.90. The average molecular weight is 500 g/mol. The maximum Gasteiger partial charge on any atom is 0.181 e. The van der Waals surface area contributed by atoms with Crippen molar-refractivity contribution >= 4 is 5.78 Å². The fourth-order valence-electron chi connectivity index (χ4n) is 5.19. The van der Waals surface area contributed by atoms with Crippen LogP contribution in [-0.4, -0.2) is 28.8 Å². The third-order valence-electron chi connectivity index (χ3n) is 7.46. The van der Waals surface area contributed by atoms with E-state index < -0.39 is 0 Å². The number of hydrogen-bond acceptors (Lipinski definition) is 4. The lowest BCUT2D eigenvalue weighted by Crippen LogP contribution is -2.34. The smallest absolute Gasteiger partial charge is 0.181 e. The Morgan fingerprint density at radius 1 is 0.763 bits per heavy atom. The molecule has 0 spiro atoms. The molecule has 4 nitrogen and oxygen atoms in total. The quantitative estimate of drug-likeness (QED) is 0.243. The molecule has 1 saturated heterocycles. The van der Waals surface area contributed by atoms with E-state index in [4.69, 9.17) is 5.26 Å². The summed E-state index contributed by atoms with van der Waals surface area (Å²) in [7, 11) is 0. The van der Waals surface area contributed by atoms with Crippen molar-refractivity contribution in [1.82, 2.24) is 9.88 Å². The highest BCUT2D eigenvalue weighted by Gasteiger charge is 2.22. The Bertz CT molecular complexity index is 1360. The average Bonchev–Trinajstić information content (AvgIpc) is 2.96. The third kappa shape index (κ3) is 7.03. The van der Waals surface area contributed by atoms with Gasteiger partial charge in [0.05, 0.1) is 11.6 Å². The van der Waals surface area contributed by atoms with Gasteiger partial charge < -0.3 is 0 Å². The second-order valence-electron chi connectivity index (χ2n) is 10.4. The molecule has 0 aliphatic carbocycles. The number of benzene rings is 3. The number of rotatable bonds is 9. The molecule has 1 fully saturated rings. The molecule has 1 aromatic heterocycles. The topological polar surface area (TPSA) is 57.0 Å². The van der Waals surface area contributed by atoms with Gasteiger partial charge in [-0.1, -0.05) is 72.8 Å². The van der Waals surface area contributed by atoms with Gasteiger partial charge in [0.25, 0.3) is 0 Å². The Labute approximate surface area is 225 Å². The highest BCUT2D eigenvalue weighted by atomic mass is 16.1. The molecule has 0 saturated carbocycles. The molecule has 190 valence electrons. The van der Waals surface area contributed by atoms with Crippen LogP contribution in [0, 0.1) is 17.2 Å². The number of carbonyl (C=O) groups excluding carboxylic acids is 1. The zero-order chi connectivity index (χ0) is 26.2. The van der Waals surface area contributed by atoms with Crippen LogP contribution in [0.25, 0.3) is 0 Å². The van der Waals surface area contributed by atoms with E-state index in [1.54, 1.807) is 0 Å². The van der Waals surface area contributed by atoms with Gasteiger partial charge in [-0.25, -0.2) is 0 Å². The number of ketones is 1.